The zero-order valence-corrected chi connectivity index (χ0v) is 17.0. The minimum atomic E-state index is -0.0764. The van der Waals surface area contributed by atoms with Crippen LogP contribution in [0.1, 0.15) is 12.5 Å². The third kappa shape index (κ3) is 4.55. The molecule has 4 aromatic rings. The number of nitrogens with one attached hydrogen (secondary N) is 2. The summed E-state index contributed by atoms with van der Waals surface area (Å²) in [7, 11) is 0. The predicted molar refractivity (Wildman–Crippen MR) is 119 cm³/mol. The first-order valence-corrected chi connectivity index (χ1v) is 10.0. The van der Waals surface area contributed by atoms with E-state index in [4.69, 9.17) is 0 Å². The number of amides is 1. The van der Waals surface area contributed by atoms with Crippen LogP contribution < -0.4 is 10.6 Å². The van der Waals surface area contributed by atoms with E-state index in [0.29, 0.717) is 0 Å². The highest BCUT2D eigenvalue weighted by atomic mass is 32.2. The summed E-state index contributed by atoms with van der Waals surface area (Å²) in [6.45, 7) is 3.57. The van der Waals surface area contributed by atoms with Crippen molar-refractivity contribution < 1.29 is 4.79 Å². The van der Waals surface area contributed by atoms with Crippen LogP contribution in [0.5, 0.6) is 0 Å². The summed E-state index contributed by atoms with van der Waals surface area (Å²) in [6.07, 6.45) is 3.55. The lowest BCUT2D eigenvalue weighted by molar-refractivity contribution is -0.114. The van der Waals surface area contributed by atoms with Gasteiger partial charge in [0.05, 0.1) is 11.2 Å². The van der Waals surface area contributed by atoms with E-state index in [1.807, 2.05) is 42.5 Å². The quantitative estimate of drug-likeness (QED) is 0.444. The number of fused-ring (bicyclic) bond motifs is 1. The lowest BCUT2D eigenvalue weighted by Crippen LogP contribution is -2.05. The standard InChI is InChI=1S/C23H20N4OS/c1-15-5-10-22(29-18-8-6-17(7-9-18)26-16(2)28)21(14-15)27-23-19-4-3-12-24-20(19)11-13-25-23/h3-14H,1-2H3,(H,25,27)(H,26,28). The van der Waals surface area contributed by atoms with Gasteiger partial charge in [-0.3, -0.25) is 9.78 Å². The number of carbonyl (C=O) groups excluding carboxylic acids is 1. The van der Waals surface area contributed by atoms with Crippen molar-refractivity contribution in [2.24, 2.45) is 0 Å². The topological polar surface area (TPSA) is 66.9 Å². The highest BCUT2D eigenvalue weighted by Gasteiger charge is 2.09. The van der Waals surface area contributed by atoms with Crippen molar-refractivity contribution in [3.63, 3.8) is 0 Å². The van der Waals surface area contributed by atoms with Gasteiger partial charge in [0.2, 0.25) is 5.91 Å². The molecule has 0 saturated heterocycles. The molecule has 2 aromatic heterocycles. The molecular formula is C23H20N4OS. The maximum Gasteiger partial charge on any atom is 0.221 e. The van der Waals surface area contributed by atoms with Crippen LogP contribution in [0.25, 0.3) is 10.9 Å². The lowest BCUT2D eigenvalue weighted by Gasteiger charge is -2.14. The first kappa shape index (κ1) is 19.0. The molecule has 4 rings (SSSR count). The number of benzene rings is 2. The second-order valence-electron chi connectivity index (χ2n) is 6.66. The molecular weight excluding hydrogens is 380 g/mol. The molecule has 2 aromatic carbocycles. The maximum atomic E-state index is 11.2. The van der Waals surface area contributed by atoms with Crippen molar-refractivity contribution >= 4 is 45.8 Å². The van der Waals surface area contributed by atoms with Crippen LogP contribution in [0.3, 0.4) is 0 Å². The summed E-state index contributed by atoms with van der Waals surface area (Å²) in [5.41, 5.74) is 3.85. The van der Waals surface area contributed by atoms with E-state index >= 15 is 0 Å². The average Bonchev–Trinajstić information content (AvgIpc) is 2.71. The Kier molecular flexibility index (Phi) is 5.44. The van der Waals surface area contributed by atoms with E-state index in [0.717, 1.165) is 43.4 Å². The van der Waals surface area contributed by atoms with E-state index in [2.05, 4.69) is 45.7 Å². The fourth-order valence-corrected chi connectivity index (χ4v) is 3.88. The first-order chi connectivity index (χ1) is 14.1. The zero-order valence-electron chi connectivity index (χ0n) is 16.1. The molecule has 2 heterocycles. The molecule has 0 bridgehead atoms. The van der Waals surface area contributed by atoms with Crippen LogP contribution in [0.15, 0.2) is 82.8 Å². The Morgan fingerprint density at radius 2 is 1.79 bits per heavy atom. The fourth-order valence-electron chi connectivity index (χ4n) is 3.00. The minimum Gasteiger partial charge on any atom is -0.339 e. The van der Waals surface area contributed by atoms with Crippen LogP contribution in [-0.4, -0.2) is 15.9 Å². The molecule has 144 valence electrons. The number of pyridine rings is 2. The van der Waals surface area contributed by atoms with Crippen LogP contribution in [0.2, 0.25) is 0 Å². The first-order valence-electron chi connectivity index (χ1n) is 9.21. The Labute approximate surface area is 173 Å². The fraction of sp³-hybridized carbons (Fsp3) is 0.0870. The number of aryl methyl sites for hydroxylation is 1. The highest BCUT2D eigenvalue weighted by molar-refractivity contribution is 7.99. The molecule has 0 aliphatic rings. The van der Waals surface area contributed by atoms with E-state index in [1.165, 1.54) is 6.92 Å². The Hall–Kier alpha value is -3.38. The second kappa shape index (κ2) is 8.32. The zero-order chi connectivity index (χ0) is 20.2. The number of anilines is 3. The molecule has 0 spiro atoms. The molecule has 0 aliphatic heterocycles. The number of carbonyl (C=O) groups is 1. The van der Waals surface area contributed by atoms with E-state index in [-0.39, 0.29) is 5.91 Å². The molecule has 2 N–H and O–H groups in total. The van der Waals surface area contributed by atoms with Gasteiger partial charge in [-0.1, -0.05) is 17.8 Å². The van der Waals surface area contributed by atoms with Crippen LogP contribution >= 0.6 is 11.8 Å². The van der Waals surface area contributed by atoms with Gasteiger partial charge in [-0.05, 0) is 67.1 Å². The molecule has 0 fully saturated rings. The summed E-state index contributed by atoms with van der Waals surface area (Å²) in [4.78, 5) is 22.3. The van der Waals surface area contributed by atoms with Crippen LogP contribution in [-0.2, 0) is 4.79 Å². The minimum absolute atomic E-state index is 0.0764. The van der Waals surface area contributed by atoms with Gasteiger partial charge in [-0.25, -0.2) is 4.98 Å². The smallest absolute Gasteiger partial charge is 0.221 e. The number of hydrogen-bond acceptors (Lipinski definition) is 5. The SMILES string of the molecule is CC(=O)Nc1ccc(Sc2ccc(C)cc2Nc2nccc3ncccc23)cc1. The number of aromatic nitrogens is 2. The third-order valence-corrected chi connectivity index (χ3v) is 5.40. The van der Waals surface area contributed by atoms with Gasteiger partial charge in [0.15, 0.2) is 0 Å². The Balaban J connectivity index is 1.63. The van der Waals surface area contributed by atoms with Crippen molar-refractivity contribution in [2.45, 2.75) is 23.6 Å². The van der Waals surface area contributed by atoms with E-state index in [1.54, 1.807) is 24.2 Å². The summed E-state index contributed by atoms with van der Waals surface area (Å²) in [5, 5.41) is 7.25. The molecule has 29 heavy (non-hydrogen) atoms. The maximum absolute atomic E-state index is 11.2. The van der Waals surface area contributed by atoms with E-state index < -0.39 is 0 Å². The third-order valence-electron chi connectivity index (χ3n) is 4.32. The van der Waals surface area contributed by atoms with Crippen molar-refractivity contribution in [3.8, 4) is 0 Å². The molecule has 5 nitrogen and oxygen atoms in total. The molecule has 0 atom stereocenters. The molecule has 0 radical (unpaired) electrons. The number of hydrogen-bond donors (Lipinski definition) is 2. The predicted octanol–water partition coefficient (Wildman–Crippen LogP) is 5.79. The van der Waals surface area contributed by atoms with Gasteiger partial charge >= 0.3 is 0 Å². The molecule has 6 heteroatoms. The molecule has 0 unspecified atom stereocenters. The molecule has 0 saturated carbocycles. The number of rotatable bonds is 5. The number of nitrogens with zero attached hydrogens (tertiary/aromatic N) is 2. The van der Waals surface area contributed by atoms with Gasteiger partial charge in [0.25, 0.3) is 0 Å². The summed E-state index contributed by atoms with van der Waals surface area (Å²) >= 11 is 1.66. The Bertz CT molecular complexity index is 1170. The summed E-state index contributed by atoms with van der Waals surface area (Å²) in [5.74, 6) is 0.705. The van der Waals surface area contributed by atoms with Gasteiger partial charge in [-0.2, -0.15) is 0 Å². The van der Waals surface area contributed by atoms with Crippen molar-refractivity contribution in [2.75, 3.05) is 10.6 Å². The van der Waals surface area contributed by atoms with Crippen LogP contribution in [0.4, 0.5) is 17.2 Å². The molecule has 0 aliphatic carbocycles. The normalized spacial score (nSPS) is 10.7. The van der Waals surface area contributed by atoms with Crippen molar-refractivity contribution in [1.82, 2.24) is 9.97 Å². The van der Waals surface area contributed by atoms with E-state index in [9.17, 15) is 4.79 Å². The van der Waals surface area contributed by atoms with Gasteiger partial charge in [-0.15, -0.1) is 0 Å². The van der Waals surface area contributed by atoms with Crippen LogP contribution in [0, 0.1) is 6.92 Å². The lowest BCUT2D eigenvalue weighted by atomic mass is 10.2. The summed E-state index contributed by atoms with van der Waals surface area (Å²) in [6, 6.07) is 20.0. The monoisotopic (exact) mass is 400 g/mol. The largest absolute Gasteiger partial charge is 0.339 e. The second-order valence-corrected chi connectivity index (χ2v) is 7.78. The molecule has 1 amide bonds. The van der Waals surface area contributed by atoms with Gasteiger partial charge in [0.1, 0.15) is 5.82 Å². The van der Waals surface area contributed by atoms with Crippen molar-refractivity contribution in [3.05, 3.63) is 78.6 Å². The van der Waals surface area contributed by atoms with Crippen molar-refractivity contribution in [1.29, 1.82) is 0 Å². The Morgan fingerprint density at radius 1 is 0.966 bits per heavy atom. The Morgan fingerprint density at radius 3 is 2.59 bits per heavy atom. The summed E-state index contributed by atoms with van der Waals surface area (Å²) < 4.78 is 0. The highest BCUT2D eigenvalue weighted by Crippen LogP contribution is 2.36. The van der Waals surface area contributed by atoms with Gasteiger partial charge < -0.3 is 10.6 Å². The van der Waals surface area contributed by atoms with Gasteiger partial charge in [0, 0.05) is 40.2 Å². The average molecular weight is 401 g/mol.